The smallest absolute Gasteiger partial charge is 0.227 e. The Morgan fingerprint density at radius 1 is 0.275 bits per heavy atom. The van der Waals surface area contributed by atoms with Gasteiger partial charge in [0.2, 0.25) is 17.7 Å². The molecule has 0 saturated carbocycles. The zero-order valence-electron chi connectivity index (χ0n) is 26.8. The fraction of sp³-hybridized carbons (Fsp3) is 0. The topological polar surface area (TPSA) is 117 Å². The Morgan fingerprint density at radius 3 is 0.882 bits per heavy atom. The molecular weight excluding hydrogens is 637 g/mol. The second kappa shape index (κ2) is 11.7. The number of aromatic nitrogens is 6. The van der Waals surface area contributed by atoms with Crippen molar-refractivity contribution in [2.24, 2.45) is 0 Å². The van der Waals surface area contributed by atoms with Crippen molar-refractivity contribution in [3.05, 3.63) is 146 Å². The lowest BCUT2D eigenvalue weighted by Gasteiger charge is -2.10. The predicted molar refractivity (Wildman–Crippen MR) is 195 cm³/mol. The molecular formula is C42H24N6O3. The predicted octanol–water partition coefficient (Wildman–Crippen LogP) is 10.3. The van der Waals surface area contributed by atoms with Gasteiger partial charge in [0, 0.05) is 33.4 Å². The van der Waals surface area contributed by atoms with Crippen LogP contribution in [0.3, 0.4) is 0 Å². The lowest BCUT2D eigenvalue weighted by atomic mass is 10.1. The highest BCUT2D eigenvalue weighted by Gasteiger charge is 2.17. The molecule has 0 radical (unpaired) electrons. The van der Waals surface area contributed by atoms with Crippen LogP contribution in [-0.2, 0) is 0 Å². The monoisotopic (exact) mass is 660 g/mol. The first-order valence-corrected chi connectivity index (χ1v) is 16.4. The zero-order valence-corrected chi connectivity index (χ0v) is 26.8. The molecule has 9 heteroatoms. The van der Waals surface area contributed by atoms with E-state index in [1.54, 1.807) is 0 Å². The van der Waals surface area contributed by atoms with Crippen molar-refractivity contribution < 1.29 is 13.3 Å². The Hall–Kier alpha value is -7.26. The molecule has 4 heterocycles. The van der Waals surface area contributed by atoms with Crippen LogP contribution in [0.4, 0.5) is 0 Å². The molecule has 0 aliphatic carbocycles. The van der Waals surface area contributed by atoms with Gasteiger partial charge >= 0.3 is 0 Å². The number of oxazole rings is 3. The van der Waals surface area contributed by atoms with E-state index < -0.39 is 0 Å². The summed E-state index contributed by atoms with van der Waals surface area (Å²) in [6.07, 6.45) is 0. The van der Waals surface area contributed by atoms with Crippen LogP contribution in [0.5, 0.6) is 0 Å². The van der Waals surface area contributed by atoms with Crippen molar-refractivity contribution in [3.63, 3.8) is 0 Å². The van der Waals surface area contributed by atoms with Crippen molar-refractivity contribution in [2.75, 3.05) is 0 Å². The normalized spacial score (nSPS) is 11.5. The van der Waals surface area contributed by atoms with Crippen LogP contribution in [0.2, 0.25) is 0 Å². The third-order valence-corrected chi connectivity index (χ3v) is 8.62. The number of rotatable bonds is 6. The second-order valence-electron chi connectivity index (χ2n) is 12.0. The molecule has 0 bridgehead atoms. The molecule has 0 aliphatic rings. The number of hydrogen-bond acceptors (Lipinski definition) is 9. The maximum atomic E-state index is 6.09. The maximum absolute atomic E-state index is 6.09. The van der Waals surface area contributed by atoms with Gasteiger partial charge in [0.25, 0.3) is 0 Å². The van der Waals surface area contributed by atoms with Gasteiger partial charge in [0.1, 0.15) is 16.6 Å². The summed E-state index contributed by atoms with van der Waals surface area (Å²) < 4.78 is 18.3. The van der Waals surface area contributed by atoms with Crippen LogP contribution in [0.15, 0.2) is 159 Å². The van der Waals surface area contributed by atoms with E-state index in [1.807, 2.05) is 146 Å². The zero-order chi connectivity index (χ0) is 33.7. The standard InChI is InChI=1S/C42H24N6O3/c1-4-19-34-31(16-1)43-40(49-34)28-13-7-10-25(22-28)37-46-38(26-11-8-14-29(23-26)41-44-32-17-2-5-20-35(32)50-41)48-39(47-37)27-12-9-15-30(24-27)42-45-33-18-3-6-21-36(33)51-42/h1-24H. The molecule has 0 amide bonds. The van der Waals surface area contributed by atoms with Gasteiger partial charge < -0.3 is 13.3 Å². The van der Waals surface area contributed by atoms with Crippen LogP contribution >= 0.6 is 0 Å². The lowest BCUT2D eigenvalue weighted by Crippen LogP contribution is -2.00. The van der Waals surface area contributed by atoms with E-state index in [-0.39, 0.29) is 0 Å². The summed E-state index contributed by atoms with van der Waals surface area (Å²) in [6.45, 7) is 0. The van der Waals surface area contributed by atoms with Crippen molar-refractivity contribution in [1.29, 1.82) is 0 Å². The Balaban J connectivity index is 1.11. The fourth-order valence-corrected chi connectivity index (χ4v) is 6.12. The highest BCUT2D eigenvalue weighted by Crippen LogP contribution is 2.33. The molecule has 6 aromatic carbocycles. The average Bonchev–Trinajstić information content (AvgIpc) is 3.95. The van der Waals surface area contributed by atoms with Gasteiger partial charge in [-0.15, -0.1) is 0 Å². The molecule has 0 spiro atoms. The van der Waals surface area contributed by atoms with Gasteiger partial charge in [-0.25, -0.2) is 29.9 Å². The van der Waals surface area contributed by atoms with Gasteiger partial charge in [-0.05, 0) is 72.8 Å². The van der Waals surface area contributed by atoms with Crippen LogP contribution in [0.1, 0.15) is 0 Å². The van der Waals surface area contributed by atoms with Crippen molar-refractivity contribution in [2.45, 2.75) is 0 Å². The molecule has 10 aromatic rings. The SMILES string of the molecule is c1cc(-c2nc(-c3cccc(-c4nc5ccccc5o4)c3)nc(-c3cccc(-c4nc5ccccc5o4)c3)n2)cc(-c2nc3ccccc3o2)c1. The Kier molecular flexibility index (Phi) is 6.60. The van der Waals surface area contributed by atoms with Gasteiger partial charge in [-0.1, -0.05) is 72.8 Å². The number of fused-ring (bicyclic) bond motifs is 3. The highest BCUT2D eigenvalue weighted by atomic mass is 16.4. The first-order chi connectivity index (χ1) is 25.2. The van der Waals surface area contributed by atoms with Gasteiger partial charge in [0.05, 0.1) is 0 Å². The number of para-hydroxylation sites is 6. The quantitative estimate of drug-likeness (QED) is 0.172. The van der Waals surface area contributed by atoms with Gasteiger partial charge in [-0.3, -0.25) is 0 Å². The number of hydrogen-bond donors (Lipinski definition) is 0. The van der Waals surface area contributed by atoms with Crippen LogP contribution in [0, 0.1) is 0 Å². The van der Waals surface area contributed by atoms with Crippen LogP contribution in [0.25, 0.3) is 102 Å². The molecule has 0 saturated heterocycles. The van der Waals surface area contributed by atoms with Crippen molar-refractivity contribution in [3.8, 4) is 68.5 Å². The molecule has 10 rings (SSSR count). The van der Waals surface area contributed by atoms with Gasteiger partial charge in [-0.2, -0.15) is 0 Å². The van der Waals surface area contributed by atoms with Crippen molar-refractivity contribution in [1.82, 2.24) is 29.9 Å². The average molecular weight is 661 g/mol. The Labute approximate surface area is 290 Å². The Morgan fingerprint density at radius 2 is 0.569 bits per heavy atom. The molecule has 0 fully saturated rings. The van der Waals surface area contributed by atoms with E-state index in [2.05, 4.69) is 0 Å². The molecule has 51 heavy (non-hydrogen) atoms. The minimum absolute atomic E-state index is 0.493. The van der Waals surface area contributed by atoms with E-state index >= 15 is 0 Å². The van der Waals surface area contributed by atoms with E-state index in [9.17, 15) is 0 Å². The van der Waals surface area contributed by atoms with E-state index in [0.29, 0.717) is 35.1 Å². The third kappa shape index (κ3) is 5.30. The molecule has 0 aliphatic heterocycles. The molecule has 0 unspecified atom stereocenters. The molecule has 4 aromatic heterocycles. The van der Waals surface area contributed by atoms with Crippen LogP contribution in [-0.4, -0.2) is 29.9 Å². The molecule has 240 valence electrons. The lowest BCUT2D eigenvalue weighted by molar-refractivity contribution is 0.619. The second-order valence-corrected chi connectivity index (χ2v) is 12.0. The number of nitrogens with zero attached hydrogens (tertiary/aromatic N) is 6. The summed E-state index contributed by atoms with van der Waals surface area (Å²) in [5, 5.41) is 0. The van der Waals surface area contributed by atoms with E-state index in [4.69, 9.17) is 43.2 Å². The minimum atomic E-state index is 0.493. The summed E-state index contributed by atoms with van der Waals surface area (Å²) in [5.41, 5.74) is 9.32. The first kappa shape index (κ1) is 28.7. The highest BCUT2D eigenvalue weighted by molar-refractivity contribution is 5.80. The summed E-state index contributed by atoms with van der Waals surface area (Å²) in [4.78, 5) is 29.1. The molecule has 0 atom stereocenters. The minimum Gasteiger partial charge on any atom is -0.436 e. The van der Waals surface area contributed by atoms with Crippen molar-refractivity contribution >= 4 is 33.3 Å². The molecule has 0 N–H and O–H groups in total. The Bertz CT molecular complexity index is 2480. The number of benzene rings is 6. The summed E-state index contributed by atoms with van der Waals surface area (Å²) >= 11 is 0. The van der Waals surface area contributed by atoms with Gasteiger partial charge in [0.15, 0.2) is 34.2 Å². The molecule has 9 nitrogen and oxygen atoms in total. The maximum Gasteiger partial charge on any atom is 0.227 e. The van der Waals surface area contributed by atoms with E-state index in [1.165, 1.54) is 0 Å². The fourth-order valence-electron chi connectivity index (χ4n) is 6.12. The first-order valence-electron chi connectivity index (χ1n) is 16.4. The third-order valence-electron chi connectivity index (χ3n) is 8.62. The summed E-state index contributed by atoms with van der Waals surface area (Å²) in [6, 6.07) is 46.7. The summed E-state index contributed by atoms with van der Waals surface area (Å²) in [5.74, 6) is 3.03. The van der Waals surface area contributed by atoms with Crippen LogP contribution < -0.4 is 0 Å². The largest absolute Gasteiger partial charge is 0.436 e. The summed E-state index contributed by atoms with van der Waals surface area (Å²) in [7, 11) is 0. The van der Waals surface area contributed by atoms with E-state index in [0.717, 1.165) is 66.7 Å².